The zero-order chi connectivity index (χ0) is 16.6. The predicted octanol–water partition coefficient (Wildman–Crippen LogP) is 3.47. The molecule has 0 spiro atoms. The number of rotatable bonds is 3. The van der Waals surface area contributed by atoms with Gasteiger partial charge in [-0.1, -0.05) is 6.07 Å². The van der Waals surface area contributed by atoms with Crippen LogP contribution in [0.3, 0.4) is 0 Å². The van der Waals surface area contributed by atoms with Gasteiger partial charge in [-0.15, -0.1) is 0 Å². The number of hydrogen-bond donors (Lipinski definition) is 1. The molecule has 23 heavy (non-hydrogen) atoms. The van der Waals surface area contributed by atoms with Gasteiger partial charge in [-0.2, -0.15) is 0 Å². The van der Waals surface area contributed by atoms with Gasteiger partial charge in [-0.25, -0.2) is 4.79 Å². The normalized spacial score (nSPS) is 21.5. The van der Waals surface area contributed by atoms with E-state index in [4.69, 9.17) is 9.15 Å². The fourth-order valence-electron chi connectivity index (χ4n) is 3.44. The first kappa shape index (κ1) is 15.7. The van der Waals surface area contributed by atoms with Gasteiger partial charge in [0.2, 0.25) is 0 Å². The zero-order valence-electron chi connectivity index (χ0n) is 13.3. The zero-order valence-corrected chi connectivity index (χ0v) is 13.3. The van der Waals surface area contributed by atoms with E-state index < -0.39 is 5.97 Å². The van der Waals surface area contributed by atoms with Gasteiger partial charge in [-0.3, -0.25) is 4.79 Å². The van der Waals surface area contributed by atoms with E-state index in [2.05, 4.69) is 0 Å². The number of methoxy groups -OCH3 is 1. The third-order valence-corrected chi connectivity index (χ3v) is 4.79. The maximum Gasteiger partial charge on any atom is 0.339 e. The molecule has 122 valence electrons. The van der Waals surface area contributed by atoms with E-state index in [1.165, 1.54) is 6.07 Å². The molecule has 1 fully saturated rings. The lowest BCUT2D eigenvalue weighted by molar-refractivity contribution is 0.0637. The van der Waals surface area contributed by atoms with Crippen LogP contribution in [0.1, 0.15) is 53.3 Å². The van der Waals surface area contributed by atoms with Crippen molar-refractivity contribution in [3.05, 3.63) is 45.3 Å². The van der Waals surface area contributed by atoms with Crippen molar-refractivity contribution in [2.24, 2.45) is 0 Å². The molecule has 2 aromatic rings. The Morgan fingerprint density at radius 1 is 1.26 bits per heavy atom. The lowest BCUT2D eigenvalue weighted by atomic mass is 9.84. The van der Waals surface area contributed by atoms with E-state index in [0.29, 0.717) is 16.7 Å². The Morgan fingerprint density at radius 3 is 2.57 bits per heavy atom. The Kier molecular flexibility index (Phi) is 4.22. The minimum atomic E-state index is -1.09. The molecule has 3 rings (SSSR count). The quantitative estimate of drug-likeness (QED) is 0.938. The number of benzene rings is 1. The SMILES string of the molecule is CO[C@H]1CC[C@H](c2oc3c(C(=O)O)cccc3c(=O)c2C)CC1. The van der Waals surface area contributed by atoms with Crippen molar-refractivity contribution in [2.45, 2.75) is 44.6 Å². The Balaban J connectivity index is 2.11. The Hall–Kier alpha value is -2.14. The largest absolute Gasteiger partial charge is 0.478 e. The number of carbonyl (C=O) groups is 1. The summed E-state index contributed by atoms with van der Waals surface area (Å²) in [5.41, 5.74) is 0.657. The van der Waals surface area contributed by atoms with Crippen LogP contribution in [0.4, 0.5) is 0 Å². The lowest BCUT2D eigenvalue weighted by Gasteiger charge is -2.27. The third-order valence-electron chi connectivity index (χ3n) is 4.79. The second-order valence-electron chi connectivity index (χ2n) is 6.12. The highest BCUT2D eigenvalue weighted by atomic mass is 16.5. The van der Waals surface area contributed by atoms with Gasteiger partial charge in [0, 0.05) is 18.6 Å². The lowest BCUT2D eigenvalue weighted by Crippen LogP contribution is -2.21. The molecule has 0 saturated heterocycles. The van der Waals surface area contributed by atoms with Crippen molar-refractivity contribution < 1.29 is 19.1 Å². The van der Waals surface area contributed by atoms with Gasteiger partial charge in [0.1, 0.15) is 11.3 Å². The highest BCUT2D eigenvalue weighted by Gasteiger charge is 2.27. The number of ether oxygens (including phenoxy) is 1. The van der Waals surface area contributed by atoms with Gasteiger partial charge in [-0.05, 0) is 44.7 Å². The number of carboxylic acids is 1. The smallest absolute Gasteiger partial charge is 0.339 e. The molecule has 1 aromatic carbocycles. The summed E-state index contributed by atoms with van der Waals surface area (Å²) in [6, 6.07) is 4.66. The van der Waals surface area contributed by atoms with Crippen LogP contribution in [0.5, 0.6) is 0 Å². The van der Waals surface area contributed by atoms with Crippen LogP contribution in [0.2, 0.25) is 0 Å². The Labute approximate surface area is 133 Å². The van der Waals surface area contributed by atoms with Crippen LogP contribution in [-0.2, 0) is 4.74 Å². The summed E-state index contributed by atoms with van der Waals surface area (Å²) < 4.78 is 11.3. The van der Waals surface area contributed by atoms with Gasteiger partial charge in [0.25, 0.3) is 0 Å². The highest BCUT2D eigenvalue weighted by molar-refractivity contribution is 6.00. The molecule has 0 aliphatic heterocycles. The van der Waals surface area contributed by atoms with Crippen LogP contribution in [0.15, 0.2) is 27.4 Å². The fourth-order valence-corrected chi connectivity index (χ4v) is 3.44. The molecule has 0 radical (unpaired) electrons. The predicted molar refractivity (Wildman–Crippen MR) is 86.2 cm³/mol. The summed E-state index contributed by atoms with van der Waals surface area (Å²) in [7, 11) is 1.71. The minimum Gasteiger partial charge on any atom is -0.478 e. The monoisotopic (exact) mass is 316 g/mol. The molecule has 1 aliphatic rings. The van der Waals surface area contributed by atoms with Crippen molar-refractivity contribution in [3.8, 4) is 0 Å². The van der Waals surface area contributed by atoms with Crippen molar-refractivity contribution in [1.82, 2.24) is 0 Å². The van der Waals surface area contributed by atoms with Gasteiger partial charge < -0.3 is 14.3 Å². The standard InChI is InChI=1S/C18H20O5/c1-10-15(19)13-4-3-5-14(18(20)21)17(13)23-16(10)11-6-8-12(22-2)9-7-11/h3-5,11-12H,6-9H2,1-2H3,(H,20,21)/t11-,12-. The molecule has 0 amide bonds. The molecule has 5 nitrogen and oxygen atoms in total. The Morgan fingerprint density at radius 2 is 1.96 bits per heavy atom. The molecule has 1 heterocycles. The van der Waals surface area contributed by atoms with E-state index in [-0.39, 0.29) is 28.6 Å². The van der Waals surface area contributed by atoms with Crippen LogP contribution < -0.4 is 5.43 Å². The van der Waals surface area contributed by atoms with Gasteiger partial charge in [0.05, 0.1) is 11.5 Å². The minimum absolute atomic E-state index is 0.0337. The number of carboxylic acid groups (broad SMARTS) is 1. The first-order valence-corrected chi connectivity index (χ1v) is 7.85. The molecule has 0 unspecified atom stereocenters. The Bertz CT molecular complexity index is 797. The van der Waals surface area contributed by atoms with Crippen LogP contribution in [-0.4, -0.2) is 24.3 Å². The molecule has 0 bridgehead atoms. The summed E-state index contributed by atoms with van der Waals surface area (Å²) in [6.45, 7) is 1.76. The van der Waals surface area contributed by atoms with Crippen LogP contribution in [0.25, 0.3) is 11.0 Å². The molecular formula is C18H20O5. The third kappa shape index (κ3) is 2.77. The van der Waals surface area contributed by atoms with Crippen molar-refractivity contribution in [3.63, 3.8) is 0 Å². The molecule has 1 aliphatic carbocycles. The van der Waals surface area contributed by atoms with Crippen molar-refractivity contribution >= 4 is 16.9 Å². The molecule has 1 N–H and O–H groups in total. The first-order valence-electron chi connectivity index (χ1n) is 7.85. The summed E-state index contributed by atoms with van der Waals surface area (Å²) in [4.78, 5) is 24.0. The van der Waals surface area contributed by atoms with Crippen LogP contribution >= 0.6 is 0 Å². The van der Waals surface area contributed by atoms with Crippen LogP contribution in [0, 0.1) is 6.92 Å². The summed E-state index contributed by atoms with van der Waals surface area (Å²) in [5, 5.41) is 9.66. The summed E-state index contributed by atoms with van der Waals surface area (Å²) in [5.74, 6) is -0.317. The number of hydrogen-bond acceptors (Lipinski definition) is 4. The second-order valence-corrected chi connectivity index (χ2v) is 6.12. The van der Waals surface area contributed by atoms with Crippen molar-refractivity contribution in [1.29, 1.82) is 0 Å². The first-order chi connectivity index (χ1) is 11.0. The highest BCUT2D eigenvalue weighted by Crippen LogP contribution is 2.36. The maximum absolute atomic E-state index is 12.6. The topological polar surface area (TPSA) is 76.7 Å². The maximum atomic E-state index is 12.6. The second kappa shape index (κ2) is 6.16. The number of fused-ring (bicyclic) bond motifs is 1. The number of aromatic carboxylic acids is 1. The molecule has 5 heteroatoms. The summed E-state index contributed by atoms with van der Waals surface area (Å²) in [6.07, 6.45) is 3.85. The van der Waals surface area contributed by atoms with E-state index in [1.807, 2.05) is 0 Å². The fraction of sp³-hybridized carbons (Fsp3) is 0.444. The van der Waals surface area contributed by atoms with Gasteiger partial charge >= 0.3 is 5.97 Å². The number of para-hydroxylation sites is 1. The molecule has 0 atom stereocenters. The molecular weight excluding hydrogens is 296 g/mol. The van der Waals surface area contributed by atoms with E-state index in [1.54, 1.807) is 26.2 Å². The summed E-state index contributed by atoms with van der Waals surface area (Å²) >= 11 is 0. The average molecular weight is 316 g/mol. The average Bonchev–Trinajstić information content (AvgIpc) is 2.57. The van der Waals surface area contributed by atoms with E-state index >= 15 is 0 Å². The molecule has 1 saturated carbocycles. The van der Waals surface area contributed by atoms with E-state index in [0.717, 1.165) is 25.7 Å². The van der Waals surface area contributed by atoms with Crippen molar-refractivity contribution in [2.75, 3.05) is 7.11 Å². The molecule has 1 aromatic heterocycles. The van der Waals surface area contributed by atoms with E-state index in [9.17, 15) is 14.7 Å². The van der Waals surface area contributed by atoms with Gasteiger partial charge in [0.15, 0.2) is 11.0 Å².